The number of Topliss-reactive ketones (excluding diaryl/α,β-unsaturated/α-hetero) is 1. The van der Waals surface area contributed by atoms with Crippen LogP contribution in [0.4, 0.5) is 9.59 Å². The number of carbonyl (C=O) groups excluding carboxylic acids is 5. The first-order chi connectivity index (χ1) is 28.7. The first-order valence-corrected chi connectivity index (χ1v) is 23.1. The summed E-state index contributed by atoms with van der Waals surface area (Å²) in [6.07, 6.45) is 1.86. The molecule has 4 heterocycles. The van der Waals surface area contributed by atoms with Crippen molar-refractivity contribution in [2.24, 2.45) is 16.6 Å². The van der Waals surface area contributed by atoms with Crippen LogP contribution in [0.25, 0.3) is 0 Å². The van der Waals surface area contributed by atoms with Crippen LogP contribution in [0, 0.1) is 5.92 Å². The molecule has 0 aliphatic carbocycles. The van der Waals surface area contributed by atoms with Crippen molar-refractivity contribution in [1.82, 2.24) is 20.9 Å². The van der Waals surface area contributed by atoms with Gasteiger partial charge in [-0.3, -0.25) is 19.3 Å². The molecule has 340 valence electrons. The summed E-state index contributed by atoms with van der Waals surface area (Å²) in [5.74, 6) is 0.0857. The van der Waals surface area contributed by atoms with Gasteiger partial charge in [-0.25, -0.2) is 9.59 Å². The van der Waals surface area contributed by atoms with Crippen LogP contribution in [-0.2, 0) is 51.7 Å². The van der Waals surface area contributed by atoms with E-state index in [0.717, 1.165) is 25.0 Å². The van der Waals surface area contributed by atoms with Gasteiger partial charge < -0.3 is 50.5 Å². The monoisotopic (exact) mass is 916 g/mol. The van der Waals surface area contributed by atoms with Crippen molar-refractivity contribution in [2.75, 3.05) is 71.7 Å². The van der Waals surface area contributed by atoms with Crippen molar-refractivity contribution < 1.29 is 81.1 Å². The summed E-state index contributed by atoms with van der Waals surface area (Å²) < 4.78 is 51.3. The van der Waals surface area contributed by atoms with E-state index in [4.69, 9.17) is 53.2 Å². The quantitative estimate of drug-likeness (QED) is 0.0224. The van der Waals surface area contributed by atoms with E-state index in [9.17, 15) is 33.6 Å². The van der Waals surface area contributed by atoms with Gasteiger partial charge in [0.15, 0.2) is 12.3 Å². The van der Waals surface area contributed by atoms with Gasteiger partial charge >= 0.3 is 34.5 Å². The van der Waals surface area contributed by atoms with Gasteiger partial charge in [0.05, 0.1) is 58.1 Å². The number of aliphatic hydroxyl groups excluding tert-OH is 1. The largest absolute Gasteiger partial charge is 0.695 e. The molecule has 0 radical (unpaired) electrons. The molecule has 3 saturated heterocycles. The van der Waals surface area contributed by atoms with E-state index >= 15 is 0 Å². The third kappa shape index (κ3) is 19.8. The number of carbonyl (C=O) groups is 5. The molecule has 5 amide bonds. The zero-order valence-electron chi connectivity index (χ0n) is 33.3. The van der Waals surface area contributed by atoms with E-state index in [2.05, 4.69) is 20.9 Å². The van der Waals surface area contributed by atoms with E-state index in [0.29, 0.717) is 76.9 Å². The lowest BCUT2D eigenvalue weighted by molar-refractivity contribution is -0.146. The normalized spacial score (nSPS) is 24.7. The zero-order valence-corrected chi connectivity index (χ0v) is 35.9. The second-order valence-electron chi connectivity index (χ2n) is 14.1. The molecule has 0 aromatic heterocycles. The first kappa shape index (κ1) is 51.4. The van der Waals surface area contributed by atoms with Gasteiger partial charge in [0.2, 0.25) is 5.91 Å². The van der Waals surface area contributed by atoms with E-state index in [1.807, 2.05) is 11.8 Å². The SMILES string of the molecule is NC1=NC(=O)N([C@@H]2OCC(O[P+](=O)O)[C@@H]2O)CC1CCCNC(=O)CCC(=O)OCCOCCOCCOCCCC(=O)CCCC[C@@H]1SC[C@@H]2NC(=O)N[C@@H]21.O=[P+](O)O. The summed E-state index contributed by atoms with van der Waals surface area (Å²) in [7, 11) is -5.83. The molecule has 4 aliphatic heterocycles. The average molecular weight is 917 g/mol. The molecule has 23 nitrogen and oxygen atoms in total. The molecule has 9 N–H and O–H groups in total. The number of rotatable bonds is 28. The van der Waals surface area contributed by atoms with E-state index in [1.54, 1.807) is 0 Å². The number of ketones is 1. The van der Waals surface area contributed by atoms with Crippen LogP contribution in [0.2, 0.25) is 0 Å². The van der Waals surface area contributed by atoms with Gasteiger partial charge in [-0.1, -0.05) is 6.42 Å². The standard InChI is InChI=1S/C34H55N6O14PS.HO3P/c35-31-22(19-40(34(46)39-31)32-30(44)25(20-53-32)54-55(47)48)5-3-11-36-27(42)9-10-28(43)52-18-17-51-16-15-50-14-13-49-12-4-7-23(41)6-1-2-8-26-29-24(21-56-26)37-33(45)38-29;1-4(2)3/h22,24-26,29-30,32,44H,1-21H2,(H5-,35,36,37,38,39,42,45,46,47,48);(H-,1,2,3)/p+2/t22?,24-,25?,26-,29-,30-,32+;/m0./s1. The van der Waals surface area contributed by atoms with Crippen molar-refractivity contribution in [3.8, 4) is 0 Å². The van der Waals surface area contributed by atoms with E-state index in [1.165, 1.54) is 4.90 Å². The predicted octanol–water partition coefficient (Wildman–Crippen LogP) is 0.121. The number of aliphatic hydroxyl groups is 1. The Hall–Kier alpha value is -2.99. The second kappa shape index (κ2) is 28.6. The number of hydrogen-bond acceptors (Lipinski definition) is 16. The number of ether oxygens (including phenoxy) is 5. The number of aliphatic imine (C=N–C) groups is 1. The van der Waals surface area contributed by atoms with Crippen LogP contribution in [0.15, 0.2) is 4.99 Å². The molecule has 4 rings (SSSR count). The number of amides is 5. The number of fused-ring (bicyclic) bond motifs is 1. The predicted molar refractivity (Wildman–Crippen MR) is 213 cm³/mol. The maximum Gasteiger partial charge on any atom is 0.695 e. The Morgan fingerprint density at radius 3 is 2.27 bits per heavy atom. The molecular formula is C34H58N6O17P2S+2. The molecule has 3 unspecified atom stereocenters. The number of hydrogen-bond donors (Lipinski definition) is 8. The number of nitrogens with two attached hydrogens (primary N) is 1. The number of nitrogens with zero attached hydrogens (tertiary/aromatic N) is 2. The highest BCUT2D eigenvalue weighted by molar-refractivity contribution is 8.00. The van der Waals surface area contributed by atoms with Crippen molar-refractivity contribution in [1.29, 1.82) is 0 Å². The molecular weight excluding hydrogens is 858 g/mol. The Bertz CT molecular complexity index is 1470. The fourth-order valence-electron chi connectivity index (χ4n) is 6.70. The highest BCUT2D eigenvalue weighted by Crippen LogP contribution is 2.33. The molecule has 0 spiro atoms. The Balaban J connectivity index is 0.00000229. The average Bonchev–Trinajstić information content (AvgIpc) is 3.86. The summed E-state index contributed by atoms with van der Waals surface area (Å²) >= 11 is 1.89. The highest BCUT2D eigenvalue weighted by Gasteiger charge is 2.47. The minimum Gasteiger partial charge on any atom is -0.463 e. The summed E-state index contributed by atoms with van der Waals surface area (Å²) in [5.41, 5.74) is 5.95. The van der Waals surface area contributed by atoms with Crippen molar-refractivity contribution >= 4 is 63.8 Å². The van der Waals surface area contributed by atoms with Gasteiger partial charge in [0, 0.05) is 65.0 Å². The molecule has 0 aromatic carbocycles. The highest BCUT2D eigenvalue weighted by atomic mass is 32.2. The maximum absolute atomic E-state index is 12.4. The van der Waals surface area contributed by atoms with Crippen LogP contribution in [0.1, 0.15) is 64.2 Å². The number of nitrogens with one attached hydrogen (secondary N) is 3. The lowest BCUT2D eigenvalue weighted by Crippen LogP contribution is -2.53. The van der Waals surface area contributed by atoms with Crippen LogP contribution in [0.3, 0.4) is 0 Å². The molecule has 60 heavy (non-hydrogen) atoms. The molecule has 0 bridgehead atoms. The van der Waals surface area contributed by atoms with E-state index in [-0.39, 0.29) is 80.8 Å². The summed E-state index contributed by atoms with van der Waals surface area (Å²) in [6, 6.07) is -0.343. The molecule has 0 saturated carbocycles. The van der Waals surface area contributed by atoms with Crippen LogP contribution in [-0.4, -0.2) is 168 Å². The first-order valence-electron chi connectivity index (χ1n) is 19.7. The van der Waals surface area contributed by atoms with Gasteiger partial charge in [-0.05, 0) is 32.1 Å². The van der Waals surface area contributed by atoms with Crippen molar-refractivity contribution in [2.45, 2.75) is 100.0 Å². The van der Waals surface area contributed by atoms with Crippen LogP contribution < -0.4 is 21.7 Å². The van der Waals surface area contributed by atoms with Gasteiger partial charge in [0.25, 0.3) is 0 Å². The molecule has 8 atom stereocenters. The summed E-state index contributed by atoms with van der Waals surface area (Å²) in [6.45, 7) is 2.39. The smallest absolute Gasteiger partial charge is 0.463 e. The third-order valence-electron chi connectivity index (χ3n) is 9.66. The van der Waals surface area contributed by atoms with Crippen LogP contribution in [0.5, 0.6) is 0 Å². The fourth-order valence-corrected chi connectivity index (χ4v) is 8.66. The maximum atomic E-state index is 12.4. The molecule has 26 heteroatoms. The van der Waals surface area contributed by atoms with Gasteiger partial charge in [-0.2, -0.15) is 16.8 Å². The summed E-state index contributed by atoms with van der Waals surface area (Å²) in [5, 5.41) is 19.5. The number of amidine groups is 1. The van der Waals surface area contributed by atoms with Gasteiger partial charge in [-0.15, -0.1) is 19.2 Å². The second-order valence-corrected chi connectivity index (χ2v) is 16.5. The lowest BCUT2D eigenvalue weighted by atomic mass is 9.99. The topological polar surface area (TPSA) is 333 Å². The Labute approximate surface area is 353 Å². The Morgan fingerprint density at radius 1 is 0.900 bits per heavy atom. The number of esters is 1. The minimum atomic E-state index is -2.96. The zero-order chi connectivity index (χ0) is 43.9. The third-order valence-corrected chi connectivity index (χ3v) is 11.6. The summed E-state index contributed by atoms with van der Waals surface area (Å²) in [4.78, 5) is 88.5. The molecule has 3 fully saturated rings. The number of unbranched alkanes of at least 4 members (excludes halogenated alkanes) is 1. The Kier molecular flexibility index (Phi) is 24.5. The number of thioether (sulfide) groups is 1. The van der Waals surface area contributed by atoms with E-state index < -0.39 is 46.9 Å². The minimum absolute atomic E-state index is 0.0437. The van der Waals surface area contributed by atoms with Crippen molar-refractivity contribution in [3.05, 3.63) is 0 Å². The lowest BCUT2D eigenvalue weighted by Gasteiger charge is -2.34. The Morgan fingerprint density at radius 2 is 1.57 bits per heavy atom. The van der Waals surface area contributed by atoms with Crippen LogP contribution >= 0.6 is 28.3 Å². The molecule has 4 aliphatic rings. The number of urea groups is 2. The van der Waals surface area contributed by atoms with Crippen molar-refractivity contribution in [3.63, 3.8) is 0 Å². The van der Waals surface area contributed by atoms with Gasteiger partial charge in [0.1, 0.15) is 24.3 Å². The fraction of sp³-hybridized carbons (Fsp3) is 0.824. The molecule has 0 aromatic rings.